The van der Waals surface area contributed by atoms with Crippen molar-refractivity contribution in [3.05, 3.63) is 45.5 Å². The number of alkyl carbamates (subject to hydrolysis) is 1. The summed E-state index contributed by atoms with van der Waals surface area (Å²) in [5.41, 5.74) is 4.17. The first-order chi connectivity index (χ1) is 15.0. The van der Waals surface area contributed by atoms with Crippen molar-refractivity contribution in [2.24, 2.45) is 4.99 Å². The van der Waals surface area contributed by atoms with Gasteiger partial charge in [0.25, 0.3) is 0 Å². The maximum Gasteiger partial charge on any atom is 0.410 e. The topological polar surface area (TPSA) is 144 Å². The van der Waals surface area contributed by atoms with Crippen LogP contribution in [0.3, 0.4) is 0 Å². The highest BCUT2D eigenvalue weighted by Crippen LogP contribution is 2.34. The fraction of sp³-hybridized carbons (Fsp3) is 0.455. The summed E-state index contributed by atoms with van der Waals surface area (Å²) in [4.78, 5) is 27.7. The van der Waals surface area contributed by atoms with E-state index < -0.39 is 23.9 Å². The summed E-state index contributed by atoms with van der Waals surface area (Å²) in [6.07, 6.45) is -0.0654. The molecular weight excluding hydrogens is 432 g/mol. The molecule has 2 amide bonds. The zero-order chi connectivity index (χ0) is 23.5. The SMILES string of the molecule is CC(C)(C)OC(=O)NCC(O)CSC1=C(Cc2ccc3c(c2)CC3)N=C1C(=N)NC(=O)O. The number of carbonyl (C=O) groups is 2. The Morgan fingerprint density at radius 1 is 1.28 bits per heavy atom. The number of rotatable bonds is 8. The van der Waals surface area contributed by atoms with Crippen molar-refractivity contribution in [2.75, 3.05) is 12.3 Å². The number of nitrogens with one attached hydrogen (secondary N) is 3. The number of aryl methyl sites for hydroxylation is 2. The molecule has 1 aliphatic carbocycles. The molecule has 10 heteroatoms. The second-order valence-electron chi connectivity index (χ2n) is 8.67. The maximum atomic E-state index is 11.8. The lowest BCUT2D eigenvalue weighted by Gasteiger charge is -2.25. The van der Waals surface area contributed by atoms with Gasteiger partial charge in [0, 0.05) is 18.7 Å². The van der Waals surface area contributed by atoms with Gasteiger partial charge < -0.3 is 20.3 Å². The minimum atomic E-state index is -1.33. The van der Waals surface area contributed by atoms with E-state index in [2.05, 4.69) is 28.5 Å². The molecule has 172 valence electrons. The largest absolute Gasteiger partial charge is 0.465 e. The van der Waals surface area contributed by atoms with Crippen LogP contribution in [0.1, 0.15) is 37.5 Å². The van der Waals surface area contributed by atoms with E-state index in [-0.39, 0.29) is 23.8 Å². The number of allylic oxidation sites excluding steroid dienone is 1. The van der Waals surface area contributed by atoms with Gasteiger partial charge in [-0.15, -0.1) is 11.8 Å². The number of benzene rings is 1. The molecular formula is C22H28N4O5S. The molecule has 0 saturated carbocycles. The van der Waals surface area contributed by atoms with Gasteiger partial charge in [0.2, 0.25) is 0 Å². The lowest BCUT2D eigenvalue weighted by molar-refractivity contribution is 0.0499. The molecule has 3 rings (SSSR count). The van der Waals surface area contributed by atoms with Crippen LogP contribution in [-0.2, 0) is 24.0 Å². The number of aliphatic imine (C=N–C) groups is 1. The first kappa shape index (κ1) is 23.8. The molecule has 5 N–H and O–H groups in total. The Morgan fingerprint density at radius 3 is 2.59 bits per heavy atom. The molecule has 1 heterocycles. The van der Waals surface area contributed by atoms with Crippen LogP contribution in [0.15, 0.2) is 33.8 Å². The zero-order valence-corrected chi connectivity index (χ0v) is 19.1. The Hall–Kier alpha value is -2.85. The summed E-state index contributed by atoms with van der Waals surface area (Å²) in [5, 5.41) is 31.7. The minimum absolute atomic E-state index is 0.00659. The molecule has 1 aliphatic heterocycles. The normalized spacial score (nSPS) is 15.6. The van der Waals surface area contributed by atoms with Gasteiger partial charge in [-0.2, -0.15) is 0 Å². The van der Waals surface area contributed by atoms with Crippen molar-refractivity contribution >= 4 is 35.5 Å². The molecule has 0 spiro atoms. The van der Waals surface area contributed by atoms with Gasteiger partial charge in [0.1, 0.15) is 11.3 Å². The number of carboxylic acid groups (broad SMARTS) is 1. The van der Waals surface area contributed by atoms with Crippen molar-refractivity contribution in [3.63, 3.8) is 0 Å². The van der Waals surface area contributed by atoms with Gasteiger partial charge in [-0.05, 0) is 50.3 Å². The quantitative estimate of drug-likeness (QED) is 0.298. The highest BCUT2D eigenvalue weighted by molar-refractivity contribution is 8.04. The van der Waals surface area contributed by atoms with E-state index in [9.17, 15) is 14.7 Å². The van der Waals surface area contributed by atoms with E-state index in [0.717, 1.165) is 24.1 Å². The molecule has 0 radical (unpaired) electrons. The molecule has 0 bridgehead atoms. The summed E-state index contributed by atoms with van der Waals surface area (Å²) < 4.78 is 5.15. The second kappa shape index (κ2) is 9.74. The number of ether oxygens (including phenoxy) is 1. The number of aliphatic hydroxyl groups excluding tert-OH is 1. The van der Waals surface area contributed by atoms with Crippen LogP contribution in [0.25, 0.3) is 0 Å². The number of nitrogens with zero attached hydrogens (tertiary/aromatic N) is 1. The van der Waals surface area contributed by atoms with Crippen LogP contribution >= 0.6 is 11.8 Å². The predicted molar refractivity (Wildman–Crippen MR) is 124 cm³/mol. The maximum absolute atomic E-state index is 11.8. The summed E-state index contributed by atoms with van der Waals surface area (Å²) in [6.45, 7) is 5.27. The van der Waals surface area contributed by atoms with Gasteiger partial charge in [-0.3, -0.25) is 10.7 Å². The van der Waals surface area contributed by atoms with E-state index >= 15 is 0 Å². The molecule has 1 unspecified atom stereocenters. The molecule has 0 fully saturated rings. The van der Waals surface area contributed by atoms with Gasteiger partial charge in [-0.25, -0.2) is 14.6 Å². The molecule has 0 aromatic heterocycles. The summed E-state index contributed by atoms with van der Waals surface area (Å²) >= 11 is 1.28. The number of hydrogen-bond acceptors (Lipinski definition) is 7. The molecule has 32 heavy (non-hydrogen) atoms. The number of hydrogen-bond donors (Lipinski definition) is 5. The Kier molecular flexibility index (Phi) is 7.25. The van der Waals surface area contributed by atoms with E-state index in [0.29, 0.717) is 11.3 Å². The Labute approximate surface area is 190 Å². The van der Waals surface area contributed by atoms with Gasteiger partial charge in [0.15, 0.2) is 5.84 Å². The third-order valence-corrected chi connectivity index (χ3v) is 6.07. The van der Waals surface area contributed by atoms with Crippen molar-refractivity contribution < 1.29 is 24.5 Å². The third-order valence-electron chi connectivity index (χ3n) is 4.80. The van der Waals surface area contributed by atoms with E-state index in [1.807, 2.05) is 5.32 Å². The second-order valence-corrected chi connectivity index (χ2v) is 9.70. The number of aliphatic hydroxyl groups is 1. The standard InChI is InChI=1S/C22H28N4O5S/c1-22(2,3)31-21(30)24-10-15(27)11-32-18-16(25-17(18)19(23)26-20(28)29)9-12-4-5-13-6-7-14(13)8-12/h4-5,8,15,27H,6-7,9-11H2,1-3H3,(H2,23,26)(H,24,30)(H,28,29). The van der Waals surface area contributed by atoms with Crippen LogP contribution in [-0.4, -0.2) is 57.9 Å². The average molecular weight is 461 g/mol. The number of carbonyl (C=O) groups excluding carboxylic acids is 1. The highest BCUT2D eigenvalue weighted by atomic mass is 32.2. The molecule has 0 saturated heterocycles. The zero-order valence-electron chi connectivity index (χ0n) is 18.3. The number of amides is 2. The third kappa shape index (κ3) is 6.33. The minimum Gasteiger partial charge on any atom is -0.465 e. The molecule has 1 aromatic rings. The van der Waals surface area contributed by atoms with Crippen molar-refractivity contribution in [1.82, 2.24) is 10.6 Å². The van der Waals surface area contributed by atoms with Crippen LogP contribution in [0.5, 0.6) is 0 Å². The first-order valence-electron chi connectivity index (χ1n) is 10.3. The molecule has 9 nitrogen and oxygen atoms in total. The van der Waals surface area contributed by atoms with Crippen molar-refractivity contribution in [3.8, 4) is 0 Å². The van der Waals surface area contributed by atoms with Gasteiger partial charge in [-0.1, -0.05) is 18.2 Å². The van der Waals surface area contributed by atoms with Crippen LogP contribution < -0.4 is 10.6 Å². The summed E-state index contributed by atoms with van der Waals surface area (Å²) in [7, 11) is 0. The average Bonchev–Trinajstić information content (AvgIpc) is 2.63. The fourth-order valence-electron chi connectivity index (χ4n) is 3.23. The number of thioether (sulfide) groups is 1. The Bertz CT molecular complexity index is 997. The van der Waals surface area contributed by atoms with Crippen LogP contribution in [0.2, 0.25) is 0 Å². The fourth-order valence-corrected chi connectivity index (χ4v) is 4.28. The van der Waals surface area contributed by atoms with E-state index in [1.54, 1.807) is 20.8 Å². The Balaban J connectivity index is 1.60. The van der Waals surface area contributed by atoms with Gasteiger partial charge in [0.05, 0.1) is 16.7 Å². The summed E-state index contributed by atoms with van der Waals surface area (Å²) in [6, 6.07) is 6.33. The highest BCUT2D eigenvalue weighted by Gasteiger charge is 2.29. The van der Waals surface area contributed by atoms with Crippen LogP contribution in [0, 0.1) is 5.41 Å². The smallest absolute Gasteiger partial charge is 0.410 e. The Morgan fingerprint density at radius 2 is 2.00 bits per heavy atom. The van der Waals surface area contributed by atoms with E-state index in [1.165, 1.54) is 22.9 Å². The van der Waals surface area contributed by atoms with E-state index in [4.69, 9.17) is 15.3 Å². The number of amidine groups is 1. The first-order valence-corrected chi connectivity index (χ1v) is 11.3. The monoisotopic (exact) mass is 460 g/mol. The molecule has 1 aromatic carbocycles. The van der Waals surface area contributed by atoms with Crippen molar-refractivity contribution in [2.45, 2.75) is 51.7 Å². The van der Waals surface area contributed by atoms with Crippen molar-refractivity contribution in [1.29, 1.82) is 5.41 Å². The van der Waals surface area contributed by atoms with Crippen LogP contribution in [0.4, 0.5) is 9.59 Å². The predicted octanol–water partition coefficient (Wildman–Crippen LogP) is 2.86. The van der Waals surface area contributed by atoms with Gasteiger partial charge >= 0.3 is 12.2 Å². The number of fused-ring (bicyclic) bond motifs is 1. The lowest BCUT2D eigenvalue weighted by atomic mass is 9.86. The lowest BCUT2D eigenvalue weighted by Crippen LogP contribution is -2.39. The molecule has 1 atom stereocenters. The summed E-state index contributed by atoms with van der Waals surface area (Å²) in [5.74, 6) is -0.0691. The molecule has 2 aliphatic rings.